The van der Waals surface area contributed by atoms with Crippen LogP contribution in [-0.2, 0) is 0 Å². The van der Waals surface area contributed by atoms with Crippen molar-refractivity contribution in [3.63, 3.8) is 0 Å². The molecule has 1 atom stereocenters. The van der Waals surface area contributed by atoms with Gasteiger partial charge in [0, 0.05) is 23.8 Å². The molecular weight excluding hydrogens is 260 g/mol. The van der Waals surface area contributed by atoms with Gasteiger partial charge in [0.2, 0.25) is 0 Å². The van der Waals surface area contributed by atoms with Crippen molar-refractivity contribution in [3.8, 4) is 6.07 Å². The third-order valence-electron chi connectivity index (χ3n) is 3.86. The van der Waals surface area contributed by atoms with E-state index < -0.39 is 6.10 Å². The van der Waals surface area contributed by atoms with Crippen LogP contribution >= 0.6 is 0 Å². The van der Waals surface area contributed by atoms with E-state index in [9.17, 15) is 10.4 Å². The predicted octanol–water partition coefficient (Wildman–Crippen LogP) is 4.26. The normalized spacial score (nSPS) is 12.5. The maximum atomic E-state index is 10.1. The summed E-state index contributed by atoms with van der Waals surface area (Å²) in [6, 6.07) is 8.22. The maximum absolute atomic E-state index is 10.1. The van der Waals surface area contributed by atoms with Gasteiger partial charge in [0.05, 0.1) is 17.7 Å². The van der Waals surface area contributed by atoms with E-state index in [0.29, 0.717) is 17.5 Å². The summed E-state index contributed by atoms with van der Waals surface area (Å²) in [5, 5.41) is 19.2. The average Bonchev–Trinajstić information content (AvgIpc) is 2.46. The molecule has 0 aliphatic rings. The van der Waals surface area contributed by atoms with Crippen LogP contribution in [-0.4, -0.2) is 17.7 Å². The molecule has 0 heterocycles. The minimum atomic E-state index is -0.531. The van der Waals surface area contributed by atoms with Gasteiger partial charge >= 0.3 is 0 Å². The van der Waals surface area contributed by atoms with Crippen molar-refractivity contribution in [2.24, 2.45) is 5.92 Å². The summed E-state index contributed by atoms with van der Waals surface area (Å²) < 4.78 is 0. The van der Waals surface area contributed by atoms with Crippen LogP contribution in [0.5, 0.6) is 0 Å². The molecule has 116 valence electrons. The summed E-state index contributed by atoms with van der Waals surface area (Å²) in [6.45, 7) is 11.5. The van der Waals surface area contributed by atoms with Crippen molar-refractivity contribution < 1.29 is 5.11 Å². The molecule has 0 saturated carbocycles. The second-order valence-electron chi connectivity index (χ2n) is 6.08. The minimum absolute atomic E-state index is 0.429. The van der Waals surface area contributed by atoms with Crippen molar-refractivity contribution >= 4 is 5.69 Å². The van der Waals surface area contributed by atoms with Crippen LogP contribution in [0.3, 0.4) is 0 Å². The number of rotatable bonds is 7. The van der Waals surface area contributed by atoms with Crippen molar-refractivity contribution in [3.05, 3.63) is 29.3 Å². The first-order valence-electron chi connectivity index (χ1n) is 7.93. The Balaban J connectivity index is 3.36. The van der Waals surface area contributed by atoms with Crippen LogP contribution in [0.1, 0.15) is 64.7 Å². The Labute approximate surface area is 129 Å². The van der Waals surface area contributed by atoms with Crippen LogP contribution < -0.4 is 4.90 Å². The Bertz CT molecular complexity index is 484. The van der Waals surface area contributed by atoms with Crippen LogP contribution in [0.2, 0.25) is 0 Å². The van der Waals surface area contributed by atoms with E-state index in [1.165, 1.54) is 0 Å². The van der Waals surface area contributed by atoms with Gasteiger partial charge in [-0.1, -0.05) is 33.8 Å². The molecule has 0 amide bonds. The van der Waals surface area contributed by atoms with Crippen LogP contribution in [0.15, 0.2) is 18.2 Å². The second-order valence-corrected chi connectivity index (χ2v) is 6.08. The Morgan fingerprint density at radius 3 is 2.24 bits per heavy atom. The molecule has 1 rings (SSSR count). The number of benzene rings is 1. The number of aliphatic hydroxyl groups is 1. The Morgan fingerprint density at radius 2 is 1.81 bits per heavy atom. The Kier molecular flexibility index (Phi) is 6.71. The fourth-order valence-corrected chi connectivity index (χ4v) is 2.78. The molecule has 0 saturated heterocycles. The van der Waals surface area contributed by atoms with Crippen LogP contribution in [0.4, 0.5) is 5.69 Å². The van der Waals surface area contributed by atoms with Crippen molar-refractivity contribution in [1.29, 1.82) is 5.26 Å². The molecule has 3 nitrogen and oxygen atoms in total. The van der Waals surface area contributed by atoms with Crippen molar-refractivity contribution in [2.75, 3.05) is 11.4 Å². The minimum Gasteiger partial charge on any atom is -0.389 e. The van der Waals surface area contributed by atoms with E-state index in [0.717, 1.165) is 30.6 Å². The average molecular weight is 288 g/mol. The topological polar surface area (TPSA) is 47.3 Å². The quantitative estimate of drug-likeness (QED) is 0.815. The first kappa shape index (κ1) is 17.5. The zero-order valence-electron chi connectivity index (χ0n) is 13.9. The summed E-state index contributed by atoms with van der Waals surface area (Å²) in [4.78, 5) is 2.37. The highest BCUT2D eigenvalue weighted by atomic mass is 16.3. The van der Waals surface area contributed by atoms with Gasteiger partial charge in [-0.3, -0.25) is 0 Å². The zero-order valence-corrected chi connectivity index (χ0v) is 13.9. The fourth-order valence-electron chi connectivity index (χ4n) is 2.78. The highest BCUT2D eigenvalue weighted by Gasteiger charge is 2.21. The van der Waals surface area contributed by atoms with E-state index in [1.54, 1.807) is 13.0 Å². The highest BCUT2D eigenvalue weighted by Crippen LogP contribution is 2.31. The lowest BCUT2D eigenvalue weighted by Crippen LogP contribution is -2.38. The molecule has 21 heavy (non-hydrogen) atoms. The summed E-state index contributed by atoms with van der Waals surface area (Å²) >= 11 is 0. The van der Waals surface area contributed by atoms with Gasteiger partial charge in [-0.25, -0.2) is 0 Å². The summed E-state index contributed by atoms with van der Waals surface area (Å²) in [5.41, 5.74) is 2.56. The Hall–Kier alpha value is -1.53. The molecule has 3 heteroatoms. The van der Waals surface area contributed by atoms with Gasteiger partial charge in [-0.05, 0) is 37.8 Å². The molecule has 1 N–H and O–H groups in total. The van der Waals surface area contributed by atoms with E-state index in [-0.39, 0.29) is 0 Å². The lowest BCUT2D eigenvalue weighted by atomic mass is 10.00. The number of hydrogen-bond donors (Lipinski definition) is 1. The molecule has 0 fully saturated rings. The molecule has 1 aromatic carbocycles. The number of nitriles is 1. The highest BCUT2D eigenvalue weighted by molar-refractivity contribution is 5.59. The number of aliphatic hydroxyl groups excluding tert-OH is 1. The number of anilines is 1. The second kappa shape index (κ2) is 8.05. The molecule has 0 bridgehead atoms. The largest absolute Gasteiger partial charge is 0.389 e. The number of hydrogen-bond acceptors (Lipinski definition) is 3. The third kappa shape index (κ3) is 4.47. The summed E-state index contributed by atoms with van der Waals surface area (Å²) in [6.07, 6.45) is 1.58. The first-order chi connectivity index (χ1) is 9.94. The zero-order chi connectivity index (χ0) is 16.0. The molecular formula is C18H28N2O. The van der Waals surface area contributed by atoms with E-state index in [1.807, 2.05) is 12.1 Å². The maximum Gasteiger partial charge on any atom is 0.0992 e. The van der Waals surface area contributed by atoms with Crippen molar-refractivity contribution in [1.82, 2.24) is 0 Å². The van der Waals surface area contributed by atoms with E-state index >= 15 is 0 Å². The third-order valence-corrected chi connectivity index (χ3v) is 3.86. The van der Waals surface area contributed by atoms with E-state index in [2.05, 4.69) is 38.7 Å². The molecule has 0 aliphatic carbocycles. The molecule has 1 unspecified atom stereocenters. The van der Waals surface area contributed by atoms with Crippen LogP contribution in [0, 0.1) is 17.2 Å². The standard InChI is InChI=1S/C18H28N2O/c1-6-16(7-2)20(12-13(3)4)18-10-15(11-19)8-9-17(18)14(5)21/h8-10,13-14,16,21H,6-7,12H2,1-5H3. The number of nitrogens with zero attached hydrogens (tertiary/aromatic N) is 2. The smallest absolute Gasteiger partial charge is 0.0992 e. The van der Waals surface area contributed by atoms with Gasteiger partial charge < -0.3 is 10.0 Å². The Morgan fingerprint density at radius 1 is 1.19 bits per heavy atom. The van der Waals surface area contributed by atoms with Gasteiger partial charge in [-0.2, -0.15) is 5.26 Å². The molecule has 0 radical (unpaired) electrons. The van der Waals surface area contributed by atoms with Crippen LogP contribution in [0.25, 0.3) is 0 Å². The molecule has 0 spiro atoms. The monoisotopic (exact) mass is 288 g/mol. The summed E-state index contributed by atoms with van der Waals surface area (Å²) in [7, 11) is 0. The predicted molar refractivity (Wildman–Crippen MR) is 88.3 cm³/mol. The van der Waals surface area contributed by atoms with Crippen molar-refractivity contribution in [2.45, 2.75) is 59.6 Å². The summed E-state index contributed by atoms with van der Waals surface area (Å²) in [5.74, 6) is 0.526. The van der Waals surface area contributed by atoms with E-state index in [4.69, 9.17) is 0 Å². The van der Waals surface area contributed by atoms with Gasteiger partial charge in [0.1, 0.15) is 0 Å². The first-order valence-corrected chi connectivity index (χ1v) is 7.93. The van der Waals surface area contributed by atoms with Gasteiger partial charge in [0.15, 0.2) is 0 Å². The van der Waals surface area contributed by atoms with Gasteiger partial charge in [-0.15, -0.1) is 0 Å². The molecule has 0 aliphatic heterocycles. The molecule has 0 aromatic heterocycles. The fraction of sp³-hybridized carbons (Fsp3) is 0.611. The van der Waals surface area contributed by atoms with Gasteiger partial charge in [0.25, 0.3) is 0 Å². The molecule has 1 aromatic rings. The lowest BCUT2D eigenvalue weighted by Gasteiger charge is -2.36. The lowest BCUT2D eigenvalue weighted by molar-refractivity contribution is 0.199. The SMILES string of the molecule is CCC(CC)N(CC(C)C)c1cc(C#N)ccc1C(C)O.